The van der Waals surface area contributed by atoms with Crippen LogP contribution in [0.25, 0.3) is 27.7 Å². The number of aryl methyl sites for hydroxylation is 1. The fourth-order valence-corrected chi connectivity index (χ4v) is 4.33. The van der Waals surface area contributed by atoms with Gasteiger partial charge < -0.3 is 9.32 Å². The molecule has 0 bridgehead atoms. The molecule has 5 rings (SSSR count). The minimum Gasteiger partial charge on any atom is -0.464 e. The summed E-state index contributed by atoms with van der Waals surface area (Å²) < 4.78 is 21.8. The van der Waals surface area contributed by atoms with Gasteiger partial charge in [-0.2, -0.15) is 9.66 Å². The molecule has 170 valence electrons. The SMILES string of the molecule is Cc1cc(CN(C)C)ccc1-c1cnc(NCc2c(F)ccc3occc23)[n+]2cc(C#N)[nH]c12. The maximum Gasteiger partial charge on any atom is 0.352 e. The number of hydrogen-bond donors (Lipinski definition) is 2. The highest BCUT2D eigenvalue weighted by molar-refractivity contribution is 5.81. The van der Waals surface area contributed by atoms with E-state index >= 15 is 0 Å². The summed E-state index contributed by atoms with van der Waals surface area (Å²) in [4.78, 5) is 9.94. The molecule has 0 spiro atoms. The maximum absolute atomic E-state index is 14.6. The molecule has 8 heteroatoms. The molecule has 2 aromatic carbocycles. The first-order valence-corrected chi connectivity index (χ1v) is 10.9. The third-order valence-corrected chi connectivity index (χ3v) is 5.86. The van der Waals surface area contributed by atoms with Crippen molar-refractivity contribution in [2.24, 2.45) is 0 Å². The van der Waals surface area contributed by atoms with Crippen LogP contribution >= 0.6 is 0 Å². The monoisotopic (exact) mass is 455 g/mol. The maximum atomic E-state index is 14.6. The number of rotatable bonds is 6. The number of nitrogens with zero attached hydrogens (tertiary/aromatic N) is 4. The summed E-state index contributed by atoms with van der Waals surface area (Å²) >= 11 is 0. The van der Waals surface area contributed by atoms with Crippen LogP contribution in [0.1, 0.15) is 22.4 Å². The van der Waals surface area contributed by atoms with Crippen LogP contribution in [0, 0.1) is 24.1 Å². The summed E-state index contributed by atoms with van der Waals surface area (Å²) in [7, 11) is 4.08. The Morgan fingerprint density at radius 1 is 1.21 bits per heavy atom. The van der Waals surface area contributed by atoms with E-state index in [1.54, 1.807) is 35.2 Å². The van der Waals surface area contributed by atoms with E-state index in [4.69, 9.17) is 4.42 Å². The average molecular weight is 456 g/mol. The van der Waals surface area contributed by atoms with Crippen LogP contribution in [0.15, 0.2) is 59.5 Å². The number of fused-ring (bicyclic) bond motifs is 2. The topological polar surface area (TPSA) is 85.0 Å². The van der Waals surface area contributed by atoms with E-state index in [1.807, 2.05) is 14.1 Å². The van der Waals surface area contributed by atoms with Crippen LogP contribution in [0.2, 0.25) is 0 Å². The first-order chi connectivity index (χ1) is 16.4. The highest BCUT2D eigenvalue weighted by Crippen LogP contribution is 2.28. The zero-order chi connectivity index (χ0) is 23.8. The summed E-state index contributed by atoms with van der Waals surface area (Å²) in [6.07, 6.45) is 5.02. The van der Waals surface area contributed by atoms with Gasteiger partial charge in [0.2, 0.25) is 5.65 Å². The summed E-state index contributed by atoms with van der Waals surface area (Å²) in [6.45, 7) is 3.13. The zero-order valence-corrected chi connectivity index (χ0v) is 19.2. The minimum absolute atomic E-state index is 0.211. The van der Waals surface area contributed by atoms with Crippen molar-refractivity contribution in [2.45, 2.75) is 20.0 Å². The van der Waals surface area contributed by atoms with Crippen LogP contribution in [0.3, 0.4) is 0 Å². The van der Waals surface area contributed by atoms with Crippen molar-refractivity contribution in [1.29, 1.82) is 5.26 Å². The Balaban J connectivity index is 1.54. The molecular weight excluding hydrogens is 431 g/mol. The van der Waals surface area contributed by atoms with Gasteiger partial charge in [0.25, 0.3) is 0 Å². The first-order valence-electron chi connectivity index (χ1n) is 10.9. The predicted octanol–water partition coefficient (Wildman–Crippen LogP) is 4.55. The predicted molar refractivity (Wildman–Crippen MR) is 128 cm³/mol. The lowest BCUT2D eigenvalue weighted by molar-refractivity contribution is -0.497. The Kier molecular flexibility index (Phi) is 5.48. The van der Waals surface area contributed by atoms with Crippen LogP contribution < -0.4 is 9.72 Å². The van der Waals surface area contributed by atoms with Crippen molar-refractivity contribution < 1.29 is 13.2 Å². The van der Waals surface area contributed by atoms with Crippen molar-refractivity contribution in [1.82, 2.24) is 14.9 Å². The molecule has 0 aliphatic rings. The van der Waals surface area contributed by atoms with Crippen LogP contribution in [-0.2, 0) is 13.1 Å². The Labute approximate surface area is 196 Å². The number of aromatic nitrogens is 3. The molecule has 34 heavy (non-hydrogen) atoms. The zero-order valence-electron chi connectivity index (χ0n) is 19.2. The third kappa shape index (κ3) is 3.87. The molecule has 0 unspecified atom stereocenters. The van der Waals surface area contributed by atoms with Gasteiger partial charge in [0, 0.05) is 17.5 Å². The largest absolute Gasteiger partial charge is 0.464 e. The highest BCUT2D eigenvalue weighted by atomic mass is 19.1. The summed E-state index contributed by atoms with van der Waals surface area (Å²) in [6, 6.07) is 13.3. The first kappa shape index (κ1) is 21.6. The number of imidazole rings is 1. The molecule has 0 saturated heterocycles. The summed E-state index contributed by atoms with van der Waals surface area (Å²) in [5, 5.41) is 13.4. The lowest BCUT2D eigenvalue weighted by Gasteiger charge is -2.12. The summed E-state index contributed by atoms with van der Waals surface area (Å²) in [5.74, 6) is 0.178. The Morgan fingerprint density at radius 3 is 2.82 bits per heavy atom. The third-order valence-electron chi connectivity index (χ3n) is 5.86. The van der Waals surface area contributed by atoms with Gasteiger partial charge in [-0.15, -0.1) is 4.98 Å². The van der Waals surface area contributed by atoms with Crippen molar-refractivity contribution in [2.75, 3.05) is 19.4 Å². The number of nitriles is 1. The van der Waals surface area contributed by atoms with Crippen LogP contribution in [0.5, 0.6) is 0 Å². The van der Waals surface area contributed by atoms with Gasteiger partial charge in [0.1, 0.15) is 29.9 Å². The number of benzene rings is 2. The molecule has 3 heterocycles. The van der Waals surface area contributed by atoms with Crippen LogP contribution in [0.4, 0.5) is 10.3 Å². The van der Waals surface area contributed by atoms with Gasteiger partial charge in [-0.3, -0.25) is 10.3 Å². The lowest BCUT2D eigenvalue weighted by Crippen LogP contribution is -2.27. The average Bonchev–Trinajstić information content (AvgIpc) is 3.46. The second-order valence-corrected chi connectivity index (χ2v) is 8.59. The van der Waals surface area contributed by atoms with Crippen LogP contribution in [-0.4, -0.2) is 29.0 Å². The number of nitrogens with one attached hydrogen (secondary N) is 2. The molecule has 5 aromatic rings. The van der Waals surface area contributed by atoms with Gasteiger partial charge >= 0.3 is 5.95 Å². The molecule has 2 N–H and O–H groups in total. The van der Waals surface area contributed by atoms with Crippen molar-refractivity contribution in [3.63, 3.8) is 0 Å². The smallest absolute Gasteiger partial charge is 0.352 e. The number of hydrogen-bond acceptors (Lipinski definition) is 5. The molecule has 0 fully saturated rings. The van der Waals surface area contributed by atoms with E-state index in [-0.39, 0.29) is 12.4 Å². The molecule has 7 nitrogen and oxygen atoms in total. The van der Waals surface area contributed by atoms with Gasteiger partial charge in [0.05, 0.1) is 18.4 Å². The van der Waals surface area contributed by atoms with Gasteiger partial charge in [-0.05, 0) is 55.9 Å². The van der Waals surface area contributed by atoms with E-state index in [1.165, 1.54) is 11.6 Å². The molecular formula is C26H24FN6O+. The Morgan fingerprint density at radius 2 is 2.06 bits per heavy atom. The molecule has 3 aromatic heterocycles. The molecule has 0 aliphatic heterocycles. The van der Waals surface area contributed by atoms with Gasteiger partial charge in [0.15, 0.2) is 5.69 Å². The second kappa shape index (κ2) is 8.61. The Bertz CT molecular complexity index is 1560. The van der Waals surface area contributed by atoms with E-state index in [0.29, 0.717) is 28.2 Å². The summed E-state index contributed by atoms with van der Waals surface area (Å²) in [5.41, 5.74) is 6.51. The van der Waals surface area contributed by atoms with E-state index in [2.05, 4.69) is 51.4 Å². The fraction of sp³-hybridized carbons (Fsp3) is 0.192. The molecule has 0 amide bonds. The lowest BCUT2D eigenvalue weighted by atomic mass is 10.00. The van der Waals surface area contributed by atoms with Crippen molar-refractivity contribution >= 4 is 22.6 Å². The van der Waals surface area contributed by atoms with E-state index in [0.717, 1.165) is 28.9 Å². The second-order valence-electron chi connectivity index (χ2n) is 8.59. The molecule has 0 aliphatic carbocycles. The van der Waals surface area contributed by atoms with Gasteiger partial charge in [-0.25, -0.2) is 4.39 Å². The quantitative estimate of drug-likeness (QED) is 0.367. The molecule has 0 radical (unpaired) electrons. The number of H-pyrrole nitrogens is 1. The number of anilines is 1. The van der Waals surface area contributed by atoms with E-state index < -0.39 is 0 Å². The molecule has 0 atom stereocenters. The minimum atomic E-state index is -0.320. The number of halogens is 1. The standard InChI is InChI=1S/C26H23FN6O/c1-16-10-17(14-32(2)3)4-5-19(16)22-13-30-26(33-15-18(11-28)31-25(22)33)29-12-21-20-8-9-34-24(20)7-6-23(21)27/h4-10,13,15H,12,14H2,1-3H3,(H,29,30,31)/p+1. The highest BCUT2D eigenvalue weighted by Gasteiger charge is 2.20. The normalized spacial score (nSPS) is 11.4. The van der Waals surface area contributed by atoms with Crippen molar-refractivity contribution in [3.05, 3.63) is 83.3 Å². The number of furan rings is 1. The number of aromatic amines is 1. The molecule has 0 saturated carbocycles. The van der Waals surface area contributed by atoms with Crippen molar-refractivity contribution in [3.8, 4) is 17.2 Å². The fourth-order valence-electron chi connectivity index (χ4n) is 4.33. The van der Waals surface area contributed by atoms with E-state index in [9.17, 15) is 9.65 Å². The van der Waals surface area contributed by atoms with Gasteiger partial charge in [-0.1, -0.05) is 18.2 Å². The Hall–Kier alpha value is -4.22.